The monoisotopic (exact) mass is 437 g/mol. The molecule has 3 rings (SSSR count). The molecular weight excluding hydrogens is 421 g/mol. The molecule has 0 fully saturated rings. The minimum atomic E-state index is -0.339. The Balaban J connectivity index is 1.59. The van der Waals surface area contributed by atoms with Crippen LogP contribution >= 0.6 is 35.0 Å². The van der Waals surface area contributed by atoms with E-state index in [9.17, 15) is 4.79 Å². The summed E-state index contributed by atoms with van der Waals surface area (Å²) >= 11 is 13.2. The maximum atomic E-state index is 12.2. The number of pyridine rings is 1. The minimum absolute atomic E-state index is 0.153. The van der Waals surface area contributed by atoms with E-state index in [0.29, 0.717) is 27.4 Å². The summed E-state index contributed by atoms with van der Waals surface area (Å²) in [4.78, 5) is 16.1. The number of anilines is 1. The first-order chi connectivity index (χ1) is 13.4. The van der Waals surface area contributed by atoms with Crippen molar-refractivity contribution in [1.82, 2.24) is 19.7 Å². The Kier molecular flexibility index (Phi) is 6.77. The molecule has 1 aromatic carbocycles. The second-order valence-corrected chi connectivity index (χ2v) is 7.53. The highest BCUT2D eigenvalue weighted by Gasteiger charge is 2.18. The molecule has 146 valence electrons. The van der Waals surface area contributed by atoms with Crippen LogP contribution in [0.4, 0.5) is 5.69 Å². The van der Waals surface area contributed by atoms with Crippen molar-refractivity contribution < 1.29 is 9.53 Å². The summed E-state index contributed by atoms with van der Waals surface area (Å²) in [7, 11) is 1.82. The maximum Gasteiger partial charge on any atom is 0.234 e. The van der Waals surface area contributed by atoms with E-state index < -0.39 is 0 Å². The lowest BCUT2D eigenvalue weighted by Crippen LogP contribution is -2.15. The van der Waals surface area contributed by atoms with E-state index in [1.807, 2.05) is 26.1 Å². The van der Waals surface area contributed by atoms with Crippen LogP contribution in [0.25, 0.3) is 0 Å². The Bertz CT molecular complexity index is 982. The van der Waals surface area contributed by atoms with Gasteiger partial charge in [-0.15, -0.1) is 10.2 Å². The largest absolute Gasteiger partial charge is 0.483 e. The molecule has 10 heteroatoms. The summed E-state index contributed by atoms with van der Waals surface area (Å²) < 4.78 is 7.67. The average molecular weight is 438 g/mol. The molecule has 0 radical (unpaired) electrons. The van der Waals surface area contributed by atoms with Crippen LogP contribution in [-0.4, -0.2) is 31.4 Å². The van der Waals surface area contributed by atoms with Gasteiger partial charge in [-0.1, -0.05) is 41.0 Å². The van der Waals surface area contributed by atoms with Crippen molar-refractivity contribution in [3.63, 3.8) is 0 Å². The fraction of sp³-hybridized carbons (Fsp3) is 0.222. The summed E-state index contributed by atoms with van der Waals surface area (Å²) in [6.07, 6.45) is 1.22. The highest BCUT2D eigenvalue weighted by molar-refractivity contribution is 7.99. The second kappa shape index (κ2) is 9.27. The number of aromatic nitrogens is 4. The van der Waals surface area contributed by atoms with Crippen LogP contribution in [-0.2, 0) is 11.8 Å². The predicted octanol–water partition coefficient (Wildman–Crippen LogP) is 4.39. The Morgan fingerprint density at radius 3 is 2.86 bits per heavy atom. The molecule has 0 aliphatic rings. The third kappa shape index (κ3) is 5.15. The molecule has 0 spiro atoms. The standard InChI is InChI=1S/C18H17Cl2N5O2S/c1-11(27-13-6-3-5-12(19)9-13)17-23-24-18(25(17)2)28-10-15(26)22-14-7-4-8-21-16(14)20/h3-9,11H,10H2,1-2H3,(H,22,26). The van der Waals surface area contributed by atoms with Crippen molar-refractivity contribution in [1.29, 1.82) is 0 Å². The number of hydrogen-bond donors (Lipinski definition) is 1. The first kappa shape index (κ1) is 20.4. The number of rotatable bonds is 7. The molecule has 28 heavy (non-hydrogen) atoms. The van der Waals surface area contributed by atoms with E-state index in [4.69, 9.17) is 27.9 Å². The van der Waals surface area contributed by atoms with E-state index in [1.165, 1.54) is 11.8 Å². The number of nitrogens with zero attached hydrogens (tertiary/aromatic N) is 4. The van der Waals surface area contributed by atoms with Gasteiger partial charge >= 0.3 is 0 Å². The van der Waals surface area contributed by atoms with Gasteiger partial charge in [0.05, 0.1) is 11.4 Å². The number of carbonyl (C=O) groups excluding carboxylic acids is 1. The van der Waals surface area contributed by atoms with E-state index in [2.05, 4.69) is 20.5 Å². The molecule has 7 nitrogen and oxygen atoms in total. The number of amides is 1. The molecule has 2 aromatic heterocycles. The first-order valence-electron chi connectivity index (χ1n) is 8.28. The van der Waals surface area contributed by atoms with Crippen LogP contribution in [0.1, 0.15) is 18.9 Å². The molecule has 1 unspecified atom stereocenters. The van der Waals surface area contributed by atoms with Gasteiger partial charge in [0.25, 0.3) is 0 Å². The van der Waals surface area contributed by atoms with Gasteiger partial charge in [0.15, 0.2) is 22.2 Å². The van der Waals surface area contributed by atoms with Gasteiger partial charge in [0.2, 0.25) is 5.91 Å². The zero-order valence-corrected chi connectivity index (χ0v) is 17.4. The van der Waals surface area contributed by atoms with Crippen LogP contribution < -0.4 is 10.1 Å². The van der Waals surface area contributed by atoms with E-state index >= 15 is 0 Å². The minimum Gasteiger partial charge on any atom is -0.483 e. The number of halogens is 2. The highest BCUT2D eigenvalue weighted by Crippen LogP contribution is 2.25. The number of thioether (sulfide) groups is 1. The fourth-order valence-electron chi connectivity index (χ4n) is 2.40. The van der Waals surface area contributed by atoms with E-state index in [-0.39, 0.29) is 22.9 Å². The Morgan fingerprint density at radius 1 is 1.29 bits per heavy atom. The lowest BCUT2D eigenvalue weighted by molar-refractivity contribution is -0.113. The number of nitrogens with one attached hydrogen (secondary N) is 1. The maximum absolute atomic E-state index is 12.2. The summed E-state index contributed by atoms with van der Waals surface area (Å²) in [5, 5.41) is 12.5. The quantitative estimate of drug-likeness (QED) is 0.435. The normalized spacial score (nSPS) is 11.9. The van der Waals surface area contributed by atoms with Gasteiger partial charge in [-0.05, 0) is 37.3 Å². The summed E-state index contributed by atoms with van der Waals surface area (Å²) in [6.45, 7) is 1.87. The Labute approximate surface area is 176 Å². The van der Waals surface area contributed by atoms with Crippen LogP contribution in [0.2, 0.25) is 10.2 Å². The zero-order chi connectivity index (χ0) is 20.1. The summed E-state index contributed by atoms with van der Waals surface area (Å²) in [5.41, 5.74) is 0.469. The summed E-state index contributed by atoms with van der Waals surface area (Å²) in [5.74, 6) is 1.22. The van der Waals surface area contributed by atoms with Crippen molar-refractivity contribution in [3.8, 4) is 5.75 Å². The van der Waals surface area contributed by atoms with Gasteiger partial charge in [0.1, 0.15) is 5.75 Å². The van der Waals surface area contributed by atoms with Crippen molar-refractivity contribution in [2.45, 2.75) is 18.2 Å². The van der Waals surface area contributed by atoms with Crippen molar-refractivity contribution >= 4 is 46.6 Å². The number of benzene rings is 1. The number of carbonyl (C=O) groups is 1. The topological polar surface area (TPSA) is 81.9 Å². The van der Waals surface area contributed by atoms with E-state index in [1.54, 1.807) is 35.0 Å². The third-order valence-corrected chi connectivity index (χ3v) is 5.26. The highest BCUT2D eigenvalue weighted by atomic mass is 35.5. The lowest BCUT2D eigenvalue weighted by Gasteiger charge is -2.14. The van der Waals surface area contributed by atoms with Gasteiger partial charge in [-0.2, -0.15) is 0 Å². The molecule has 1 N–H and O–H groups in total. The molecule has 2 heterocycles. The zero-order valence-electron chi connectivity index (χ0n) is 15.1. The molecule has 0 saturated heterocycles. The predicted molar refractivity (Wildman–Crippen MR) is 110 cm³/mol. The van der Waals surface area contributed by atoms with Crippen LogP contribution in [0.5, 0.6) is 5.75 Å². The molecular formula is C18H17Cl2N5O2S. The molecule has 0 aliphatic heterocycles. The molecule has 0 saturated carbocycles. The fourth-order valence-corrected chi connectivity index (χ4v) is 3.46. The van der Waals surface area contributed by atoms with Crippen molar-refractivity contribution in [2.24, 2.45) is 7.05 Å². The van der Waals surface area contributed by atoms with E-state index in [0.717, 1.165) is 0 Å². The molecule has 3 aromatic rings. The van der Waals surface area contributed by atoms with Gasteiger partial charge in [-0.25, -0.2) is 4.98 Å². The van der Waals surface area contributed by atoms with Crippen molar-refractivity contribution in [2.75, 3.05) is 11.1 Å². The van der Waals surface area contributed by atoms with Gasteiger partial charge in [0, 0.05) is 18.3 Å². The number of ether oxygens (including phenoxy) is 1. The van der Waals surface area contributed by atoms with Crippen LogP contribution in [0.3, 0.4) is 0 Å². The lowest BCUT2D eigenvalue weighted by atomic mass is 10.3. The molecule has 1 atom stereocenters. The summed E-state index contributed by atoms with van der Waals surface area (Å²) in [6, 6.07) is 10.5. The Hall–Kier alpha value is -2.29. The van der Waals surface area contributed by atoms with Crippen LogP contribution in [0.15, 0.2) is 47.8 Å². The molecule has 0 aliphatic carbocycles. The Morgan fingerprint density at radius 2 is 2.11 bits per heavy atom. The van der Waals surface area contributed by atoms with Crippen LogP contribution in [0, 0.1) is 0 Å². The smallest absolute Gasteiger partial charge is 0.234 e. The second-order valence-electron chi connectivity index (χ2n) is 5.80. The third-order valence-electron chi connectivity index (χ3n) is 3.71. The van der Waals surface area contributed by atoms with Gasteiger partial charge in [-0.3, -0.25) is 4.79 Å². The SMILES string of the molecule is CC(Oc1cccc(Cl)c1)c1nnc(SCC(=O)Nc2cccnc2Cl)n1C. The molecule has 1 amide bonds. The molecule has 0 bridgehead atoms. The van der Waals surface area contributed by atoms with Gasteiger partial charge < -0.3 is 14.6 Å². The number of hydrogen-bond acceptors (Lipinski definition) is 6. The van der Waals surface area contributed by atoms with Crippen molar-refractivity contribution in [3.05, 3.63) is 58.6 Å². The first-order valence-corrected chi connectivity index (χ1v) is 10.0. The average Bonchev–Trinajstić information content (AvgIpc) is 3.02.